The molecule has 0 spiro atoms. The van der Waals surface area contributed by atoms with Gasteiger partial charge in [-0.15, -0.1) is 0 Å². The van der Waals surface area contributed by atoms with Crippen LogP contribution in [0.2, 0.25) is 0 Å². The SMILES string of the molecule is CCOC(=O)C(=O)Nc1c(C)cc(OC)c(C)c1C. The molecule has 104 valence electrons. The number of rotatable bonds is 3. The monoisotopic (exact) mass is 265 g/mol. The maximum Gasteiger partial charge on any atom is 0.397 e. The maximum atomic E-state index is 11.7. The number of ether oxygens (including phenoxy) is 2. The Balaban J connectivity index is 3.06. The van der Waals surface area contributed by atoms with Gasteiger partial charge >= 0.3 is 11.9 Å². The average molecular weight is 265 g/mol. The van der Waals surface area contributed by atoms with Crippen molar-refractivity contribution in [3.8, 4) is 5.75 Å². The molecule has 0 heterocycles. The largest absolute Gasteiger partial charge is 0.496 e. The summed E-state index contributed by atoms with van der Waals surface area (Å²) in [5, 5.41) is 2.59. The van der Waals surface area contributed by atoms with Crippen molar-refractivity contribution in [3.05, 3.63) is 22.8 Å². The highest BCUT2D eigenvalue weighted by atomic mass is 16.5. The van der Waals surface area contributed by atoms with Crippen LogP contribution in [0.1, 0.15) is 23.6 Å². The van der Waals surface area contributed by atoms with E-state index in [0.717, 1.165) is 22.4 Å². The van der Waals surface area contributed by atoms with E-state index in [4.69, 9.17) is 4.74 Å². The third kappa shape index (κ3) is 3.24. The molecule has 1 aromatic carbocycles. The van der Waals surface area contributed by atoms with Crippen LogP contribution in [-0.4, -0.2) is 25.6 Å². The molecule has 0 aliphatic rings. The van der Waals surface area contributed by atoms with E-state index in [2.05, 4.69) is 10.1 Å². The number of nitrogens with one attached hydrogen (secondary N) is 1. The van der Waals surface area contributed by atoms with Gasteiger partial charge in [0.1, 0.15) is 5.75 Å². The Kier molecular flexibility index (Phi) is 4.92. The first kappa shape index (κ1) is 15.0. The van der Waals surface area contributed by atoms with Gasteiger partial charge in [-0.05, 0) is 50.5 Å². The first-order chi connectivity index (χ1) is 8.92. The second kappa shape index (κ2) is 6.22. The molecule has 0 radical (unpaired) electrons. The maximum absolute atomic E-state index is 11.7. The van der Waals surface area contributed by atoms with Gasteiger partial charge in [0, 0.05) is 5.69 Å². The number of hydrogen-bond donors (Lipinski definition) is 1. The highest BCUT2D eigenvalue weighted by molar-refractivity contribution is 6.37. The minimum absolute atomic E-state index is 0.172. The summed E-state index contributed by atoms with van der Waals surface area (Å²) in [6.07, 6.45) is 0. The van der Waals surface area contributed by atoms with E-state index in [1.54, 1.807) is 14.0 Å². The minimum Gasteiger partial charge on any atom is -0.496 e. The molecule has 0 fully saturated rings. The second-order valence-corrected chi connectivity index (χ2v) is 4.20. The highest BCUT2D eigenvalue weighted by Gasteiger charge is 2.18. The Labute approximate surface area is 112 Å². The summed E-state index contributed by atoms with van der Waals surface area (Å²) in [7, 11) is 1.60. The summed E-state index contributed by atoms with van der Waals surface area (Å²) >= 11 is 0. The number of benzene rings is 1. The number of anilines is 1. The van der Waals surface area contributed by atoms with Gasteiger partial charge in [0.2, 0.25) is 0 Å². The van der Waals surface area contributed by atoms with Crippen LogP contribution in [0.25, 0.3) is 0 Å². The zero-order valence-corrected chi connectivity index (χ0v) is 11.9. The molecular formula is C14H19NO4. The van der Waals surface area contributed by atoms with Crippen molar-refractivity contribution in [1.82, 2.24) is 0 Å². The number of hydrogen-bond acceptors (Lipinski definition) is 4. The number of carbonyl (C=O) groups excluding carboxylic acids is 2. The predicted octanol–water partition coefficient (Wildman–Crippen LogP) is 2.12. The topological polar surface area (TPSA) is 64.6 Å². The Hall–Kier alpha value is -2.04. The lowest BCUT2D eigenvalue weighted by atomic mass is 10.0. The molecule has 0 aliphatic heterocycles. The fraction of sp³-hybridized carbons (Fsp3) is 0.429. The quantitative estimate of drug-likeness (QED) is 0.671. The van der Waals surface area contributed by atoms with Crippen molar-refractivity contribution in [2.75, 3.05) is 19.0 Å². The van der Waals surface area contributed by atoms with Crippen molar-refractivity contribution in [3.63, 3.8) is 0 Å². The second-order valence-electron chi connectivity index (χ2n) is 4.20. The predicted molar refractivity (Wildman–Crippen MR) is 72.5 cm³/mol. The minimum atomic E-state index is -0.880. The van der Waals surface area contributed by atoms with Crippen LogP contribution in [0.4, 0.5) is 5.69 Å². The molecule has 0 unspecified atom stereocenters. The average Bonchev–Trinajstić information content (AvgIpc) is 2.38. The van der Waals surface area contributed by atoms with Crippen LogP contribution >= 0.6 is 0 Å². The number of aryl methyl sites for hydroxylation is 1. The number of carbonyl (C=O) groups is 2. The molecule has 0 bridgehead atoms. The van der Waals surface area contributed by atoms with Crippen LogP contribution in [0.15, 0.2) is 6.07 Å². The molecule has 1 aromatic rings. The summed E-state index contributed by atoms with van der Waals surface area (Å²) in [6, 6.07) is 1.82. The number of methoxy groups -OCH3 is 1. The van der Waals surface area contributed by atoms with Crippen LogP contribution in [0.5, 0.6) is 5.75 Å². The summed E-state index contributed by atoms with van der Waals surface area (Å²) in [5.74, 6) is -0.892. The Bertz CT molecular complexity index is 509. The highest BCUT2D eigenvalue weighted by Crippen LogP contribution is 2.31. The molecule has 1 N–H and O–H groups in total. The van der Waals surface area contributed by atoms with Gasteiger partial charge in [-0.2, -0.15) is 0 Å². The number of amides is 1. The molecule has 5 nitrogen and oxygen atoms in total. The normalized spacial score (nSPS) is 9.95. The molecule has 1 rings (SSSR count). The lowest BCUT2D eigenvalue weighted by Crippen LogP contribution is -2.26. The van der Waals surface area contributed by atoms with E-state index in [9.17, 15) is 9.59 Å². The van der Waals surface area contributed by atoms with E-state index >= 15 is 0 Å². The van der Waals surface area contributed by atoms with Crippen molar-refractivity contribution in [2.24, 2.45) is 0 Å². The zero-order chi connectivity index (χ0) is 14.6. The molecule has 0 aromatic heterocycles. The molecular weight excluding hydrogens is 246 g/mol. The zero-order valence-electron chi connectivity index (χ0n) is 11.9. The van der Waals surface area contributed by atoms with Crippen molar-refractivity contribution in [1.29, 1.82) is 0 Å². The smallest absolute Gasteiger partial charge is 0.397 e. The van der Waals surface area contributed by atoms with Gasteiger partial charge in [0.05, 0.1) is 13.7 Å². The fourth-order valence-electron chi connectivity index (χ4n) is 1.81. The molecule has 0 saturated carbocycles. The van der Waals surface area contributed by atoms with E-state index in [1.165, 1.54) is 0 Å². The Morgan fingerprint density at radius 2 is 1.84 bits per heavy atom. The van der Waals surface area contributed by atoms with E-state index in [0.29, 0.717) is 5.69 Å². The van der Waals surface area contributed by atoms with Gasteiger partial charge in [0.25, 0.3) is 0 Å². The van der Waals surface area contributed by atoms with Crippen LogP contribution in [-0.2, 0) is 14.3 Å². The van der Waals surface area contributed by atoms with E-state index in [1.807, 2.05) is 26.8 Å². The van der Waals surface area contributed by atoms with Gasteiger partial charge in [-0.25, -0.2) is 4.79 Å². The molecule has 0 atom stereocenters. The standard InChI is InChI=1S/C14H19NO4/c1-6-19-14(17)13(16)15-12-8(2)7-11(18-5)9(3)10(12)4/h7H,6H2,1-5H3,(H,15,16). The summed E-state index contributed by atoms with van der Waals surface area (Å²) in [6.45, 7) is 7.43. The first-order valence-corrected chi connectivity index (χ1v) is 6.05. The Morgan fingerprint density at radius 3 is 2.37 bits per heavy atom. The van der Waals surface area contributed by atoms with Crippen molar-refractivity contribution >= 4 is 17.6 Å². The summed E-state index contributed by atoms with van der Waals surface area (Å²) in [4.78, 5) is 23.0. The van der Waals surface area contributed by atoms with Crippen LogP contribution in [0, 0.1) is 20.8 Å². The van der Waals surface area contributed by atoms with Crippen molar-refractivity contribution in [2.45, 2.75) is 27.7 Å². The molecule has 19 heavy (non-hydrogen) atoms. The van der Waals surface area contributed by atoms with E-state index in [-0.39, 0.29) is 6.61 Å². The molecule has 1 amide bonds. The fourth-order valence-corrected chi connectivity index (χ4v) is 1.81. The van der Waals surface area contributed by atoms with Crippen LogP contribution in [0.3, 0.4) is 0 Å². The molecule has 0 saturated heterocycles. The Morgan fingerprint density at radius 1 is 1.21 bits per heavy atom. The summed E-state index contributed by atoms with van der Waals surface area (Å²) in [5.41, 5.74) is 3.25. The molecule has 0 aliphatic carbocycles. The van der Waals surface area contributed by atoms with Gasteiger partial charge < -0.3 is 14.8 Å². The van der Waals surface area contributed by atoms with Gasteiger partial charge in [-0.3, -0.25) is 4.79 Å². The molecule has 5 heteroatoms. The lowest BCUT2D eigenvalue weighted by molar-refractivity contribution is -0.152. The third-order valence-corrected chi connectivity index (χ3v) is 2.97. The van der Waals surface area contributed by atoms with Crippen LogP contribution < -0.4 is 10.1 Å². The first-order valence-electron chi connectivity index (χ1n) is 6.05. The lowest BCUT2D eigenvalue weighted by Gasteiger charge is -2.16. The number of esters is 1. The van der Waals surface area contributed by atoms with Gasteiger partial charge in [0.15, 0.2) is 0 Å². The summed E-state index contributed by atoms with van der Waals surface area (Å²) < 4.78 is 9.90. The van der Waals surface area contributed by atoms with Gasteiger partial charge in [-0.1, -0.05) is 0 Å². The van der Waals surface area contributed by atoms with E-state index < -0.39 is 11.9 Å². The third-order valence-electron chi connectivity index (χ3n) is 2.97. The van der Waals surface area contributed by atoms with Crippen molar-refractivity contribution < 1.29 is 19.1 Å².